The Balaban J connectivity index is 1.56. The molecule has 1 fully saturated rings. The van der Waals surface area contributed by atoms with Crippen molar-refractivity contribution >= 4 is 16.7 Å². The number of carbonyl (C=O) groups is 1. The number of hydrogen-bond donors (Lipinski definition) is 0. The van der Waals surface area contributed by atoms with Gasteiger partial charge in [0, 0.05) is 12.6 Å². The first-order valence-electron chi connectivity index (χ1n) is 8.90. The molecule has 128 valence electrons. The Labute approximate surface area is 147 Å². The van der Waals surface area contributed by atoms with Crippen LogP contribution in [-0.4, -0.2) is 38.4 Å². The SMILES string of the molecule is C[C@H]1CCCCN1C(=O)c1cn(Cc2cccc3ccccc23)nn1. The summed E-state index contributed by atoms with van der Waals surface area (Å²) in [5.41, 5.74) is 1.61. The summed E-state index contributed by atoms with van der Waals surface area (Å²) >= 11 is 0. The lowest BCUT2D eigenvalue weighted by atomic mass is 10.0. The van der Waals surface area contributed by atoms with Gasteiger partial charge in [0.05, 0.1) is 12.7 Å². The number of aromatic nitrogens is 3. The van der Waals surface area contributed by atoms with Gasteiger partial charge in [-0.2, -0.15) is 0 Å². The molecule has 1 aliphatic heterocycles. The van der Waals surface area contributed by atoms with E-state index in [1.807, 2.05) is 17.0 Å². The van der Waals surface area contributed by atoms with Crippen LogP contribution in [0.5, 0.6) is 0 Å². The smallest absolute Gasteiger partial charge is 0.276 e. The van der Waals surface area contributed by atoms with E-state index in [-0.39, 0.29) is 11.9 Å². The largest absolute Gasteiger partial charge is 0.335 e. The van der Waals surface area contributed by atoms with Crippen molar-refractivity contribution in [2.24, 2.45) is 0 Å². The van der Waals surface area contributed by atoms with Crippen molar-refractivity contribution in [3.05, 3.63) is 59.9 Å². The summed E-state index contributed by atoms with van der Waals surface area (Å²) < 4.78 is 1.75. The fourth-order valence-corrected chi connectivity index (χ4v) is 3.63. The molecule has 0 saturated carbocycles. The van der Waals surface area contributed by atoms with E-state index in [4.69, 9.17) is 0 Å². The Kier molecular flexibility index (Phi) is 4.22. The zero-order chi connectivity index (χ0) is 17.2. The summed E-state index contributed by atoms with van der Waals surface area (Å²) in [7, 11) is 0. The lowest BCUT2D eigenvalue weighted by molar-refractivity contribution is 0.0629. The molecule has 5 nitrogen and oxygen atoms in total. The van der Waals surface area contributed by atoms with Crippen molar-refractivity contribution < 1.29 is 4.79 Å². The van der Waals surface area contributed by atoms with Gasteiger partial charge < -0.3 is 4.90 Å². The molecule has 1 atom stereocenters. The molecule has 2 aromatic carbocycles. The number of rotatable bonds is 3. The Morgan fingerprint density at radius 1 is 1.16 bits per heavy atom. The molecule has 0 N–H and O–H groups in total. The molecular formula is C20H22N4O. The first kappa shape index (κ1) is 15.8. The Bertz CT molecular complexity index is 896. The maximum Gasteiger partial charge on any atom is 0.276 e. The molecular weight excluding hydrogens is 312 g/mol. The second-order valence-electron chi connectivity index (χ2n) is 6.78. The number of hydrogen-bond acceptors (Lipinski definition) is 3. The molecule has 0 unspecified atom stereocenters. The minimum atomic E-state index is -0.00336. The third-order valence-electron chi connectivity index (χ3n) is 5.03. The summed E-state index contributed by atoms with van der Waals surface area (Å²) in [6.45, 7) is 3.53. The normalized spacial score (nSPS) is 17.8. The number of nitrogens with zero attached hydrogens (tertiary/aromatic N) is 4. The highest BCUT2D eigenvalue weighted by Gasteiger charge is 2.26. The number of likely N-dealkylation sites (tertiary alicyclic amines) is 1. The van der Waals surface area contributed by atoms with Gasteiger partial charge in [-0.3, -0.25) is 4.79 Å². The van der Waals surface area contributed by atoms with Crippen LogP contribution in [0.1, 0.15) is 42.2 Å². The van der Waals surface area contributed by atoms with E-state index in [0.717, 1.165) is 19.4 Å². The molecule has 0 bridgehead atoms. The Morgan fingerprint density at radius 3 is 2.88 bits per heavy atom. The van der Waals surface area contributed by atoms with E-state index >= 15 is 0 Å². The van der Waals surface area contributed by atoms with E-state index in [2.05, 4.69) is 47.6 Å². The van der Waals surface area contributed by atoms with Crippen LogP contribution >= 0.6 is 0 Å². The zero-order valence-corrected chi connectivity index (χ0v) is 14.4. The zero-order valence-electron chi connectivity index (χ0n) is 14.4. The van der Waals surface area contributed by atoms with Crippen LogP contribution in [0.25, 0.3) is 10.8 Å². The van der Waals surface area contributed by atoms with Crippen molar-refractivity contribution in [2.75, 3.05) is 6.54 Å². The van der Waals surface area contributed by atoms with Crippen LogP contribution < -0.4 is 0 Å². The Morgan fingerprint density at radius 2 is 2.00 bits per heavy atom. The lowest BCUT2D eigenvalue weighted by Crippen LogP contribution is -2.42. The van der Waals surface area contributed by atoms with Gasteiger partial charge in [-0.15, -0.1) is 5.10 Å². The molecule has 25 heavy (non-hydrogen) atoms. The minimum Gasteiger partial charge on any atom is -0.335 e. The van der Waals surface area contributed by atoms with Crippen molar-refractivity contribution in [1.82, 2.24) is 19.9 Å². The third-order valence-corrected chi connectivity index (χ3v) is 5.03. The fourth-order valence-electron chi connectivity index (χ4n) is 3.63. The molecule has 1 aliphatic rings. The molecule has 0 spiro atoms. The lowest BCUT2D eigenvalue weighted by Gasteiger charge is -2.32. The van der Waals surface area contributed by atoms with Crippen molar-refractivity contribution in [3.8, 4) is 0 Å². The highest BCUT2D eigenvalue weighted by atomic mass is 16.2. The topological polar surface area (TPSA) is 51.0 Å². The van der Waals surface area contributed by atoms with Gasteiger partial charge in [0.1, 0.15) is 0 Å². The summed E-state index contributed by atoms with van der Waals surface area (Å²) in [5.74, 6) is -0.00336. The van der Waals surface area contributed by atoms with Crippen molar-refractivity contribution in [1.29, 1.82) is 0 Å². The monoisotopic (exact) mass is 334 g/mol. The first-order valence-corrected chi connectivity index (χ1v) is 8.90. The van der Waals surface area contributed by atoms with Crippen LogP contribution in [-0.2, 0) is 6.54 Å². The third kappa shape index (κ3) is 3.14. The second-order valence-corrected chi connectivity index (χ2v) is 6.78. The highest BCUT2D eigenvalue weighted by molar-refractivity contribution is 5.92. The van der Waals surface area contributed by atoms with Crippen LogP contribution in [0, 0.1) is 0 Å². The van der Waals surface area contributed by atoms with Crippen LogP contribution in [0.15, 0.2) is 48.7 Å². The molecule has 3 aromatic rings. The number of carbonyl (C=O) groups excluding carboxylic acids is 1. The van der Waals surface area contributed by atoms with Gasteiger partial charge in [-0.05, 0) is 42.5 Å². The van der Waals surface area contributed by atoms with Gasteiger partial charge in [0.25, 0.3) is 5.91 Å². The summed E-state index contributed by atoms with van der Waals surface area (Å²) in [6, 6.07) is 14.8. The number of fused-ring (bicyclic) bond motifs is 1. The fraction of sp³-hybridized carbons (Fsp3) is 0.350. The molecule has 0 aliphatic carbocycles. The van der Waals surface area contributed by atoms with Crippen molar-refractivity contribution in [3.63, 3.8) is 0 Å². The summed E-state index contributed by atoms with van der Waals surface area (Å²) in [5, 5.41) is 10.7. The molecule has 1 amide bonds. The summed E-state index contributed by atoms with van der Waals surface area (Å²) in [4.78, 5) is 14.6. The van der Waals surface area contributed by atoms with Gasteiger partial charge in [-0.25, -0.2) is 4.68 Å². The number of amides is 1. The van der Waals surface area contributed by atoms with Gasteiger partial charge in [-0.1, -0.05) is 47.7 Å². The molecule has 1 saturated heterocycles. The second kappa shape index (κ2) is 6.67. The predicted octanol–water partition coefficient (Wildman–Crippen LogP) is 3.49. The quantitative estimate of drug-likeness (QED) is 0.737. The maximum absolute atomic E-state index is 12.7. The van der Waals surface area contributed by atoms with Crippen LogP contribution in [0.2, 0.25) is 0 Å². The highest BCUT2D eigenvalue weighted by Crippen LogP contribution is 2.20. The molecule has 2 heterocycles. The molecule has 4 rings (SSSR count). The first-order chi connectivity index (χ1) is 12.2. The van der Waals surface area contributed by atoms with Gasteiger partial charge in [0.15, 0.2) is 5.69 Å². The van der Waals surface area contributed by atoms with Gasteiger partial charge >= 0.3 is 0 Å². The van der Waals surface area contributed by atoms with E-state index in [9.17, 15) is 4.79 Å². The average Bonchev–Trinajstić information content (AvgIpc) is 3.10. The standard InChI is InChI=1S/C20H22N4O/c1-15-7-4-5-12-24(15)20(25)19-14-23(22-21-19)13-17-10-6-9-16-8-2-3-11-18(16)17/h2-3,6,8-11,14-15H,4-5,7,12-13H2,1H3/t15-/m0/s1. The van der Waals surface area contributed by atoms with E-state index in [1.165, 1.54) is 22.8 Å². The number of piperidine rings is 1. The molecule has 5 heteroatoms. The average molecular weight is 334 g/mol. The van der Waals surface area contributed by atoms with E-state index < -0.39 is 0 Å². The van der Waals surface area contributed by atoms with Crippen molar-refractivity contribution in [2.45, 2.75) is 38.8 Å². The molecule has 1 aromatic heterocycles. The maximum atomic E-state index is 12.7. The van der Waals surface area contributed by atoms with Crippen LogP contribution in [0.4, 0.5) is 0 Å². The van der Waals surface area contributed by atoms with Crippen LogP contribution in [0.3, 0.4) is 0 Å². The minimum absolute atomic E-state index is 0.00336. The predicted molar refractivity (Wildman–Crippen MR) is 97.4 cm³/mol. The number of benzene rings is 2. The van der Waals surface area contributed by atoms with E-state index in [1.54, 1.807) is 10.9 Å². The van der Waals surface area contributed by atoms with Gasteiger partial charge in [0.2, 0.25) is 0 Å². The molecule has 0 radical (unpaired) electrons. The summed E-state index contributed by atoms with van der Waals surface area (Å²) in [6.07, 6.45) is 5.10. The Hall–Kier alpha value is -2.69. The van der Waals surface area contributed by atoms with E-state index in [0.29, 0.717) is 12.2 Å².